The normalized spacial score (nSPS) is 17.0. The van der Waals surface area contributed by atoms with Crippen LogP contribution in [0.2, 0.25) is 0 Å². The first kappa shape index (κ1) is 16.5. The molecule has 6 heteroatoms. The highest BCUT2D eigenvalue weighted by Gasteiger charge is 2.19. The smallest absolute Gasteiger partial charge is 0.254 e. The number of ether oxygens (including phenoxy) is 2. The van der Waals surface area contributed by atoms with Crippen LogP contribution in [0.5, 0.6) is 5.75 Å². The van der Waals surface area contributed by atoms with Gasteiger partial charge in [-0.15, -0.1) is 0 Å². The van der Waals surface area contributed by atoms with Gasteiger partial charge in [-0.3, -0.25) is 4.79 Å². The van der Waals surface area contributed by atoms with Crippen molar-refractivity contribution in [1.82, 2.24) is 5.32 Å². The Morgan fingerprint density at radius 1 is 1.42 bits per heavy atom. The fourth-order valence-corrected chi connectivity index (χ4v) is 2.59. The van der Waals surface area contributed by atoms with Gasteiger partial charge in [0.15, 0.2) is 0 Å². The third-order valence-electron chi connectivity index (χ3n) is 3.96. The highest BCUT2D eigenvalue weighted by molar-refractivity contribution is 5.93. The average Bonchev–Trinajstić information content (AvgIpc) is 3.25. The van der Waals surface area contributed by atoms with Crippen molar-refractivity contribution in [1.29, 1.82) is 0 Å². The summed E-state index contributed by atoms with van der Waals surface area (Å²) in [6.45, 7) is 4.00. The molecule has 1 unspecified atom stereocenters. The average molecular weight is 330 g/mol. The predicted molar refractivity (Wildman–Crippen MR) is 88.8 cm³/mol. The van der Waals surface area contributed by atoms with E-state index >= 15 is 0 Å². The predicted octanol–water partition coefficient (Wildman–Crippen LogP) is 2.14. The van der Waals surface area contributed by atoms with Crippen molar-refractivity contribution >= 4 is 5.91 Å². The number of aryl methyl sites for hydroxylation is 1. The van der Waals surface area contributed by atoms with Gasteiger partial charge in [-0.25, -0.2) is 0 Å². The zero-order valence-electron chi connectivity index (χ0n) is 13.7. The second-order valence-electron chi connectivity index (χ2n) is 5.90. The number of carbonyl (C=O) groups excluding carboxylic acids is 1. The monoisotopic (exact) mass is 330 g/mol. The lowest BCUT2D eigenvalue weighted by Crippen LogP contribution is -2.23. The molecule has 1 aromatic carbocycles. The van der Waals surface area contributed by atoms with Crippen LogP contribution < -0.4 is 15.8 Å². The third kappa shape index (κ3) is 3.96. The van der Waals surface area contributed by atoms with E-state index in [1.54, 1.807) is 6.07 Å². The fraction of sp³-hybridized carbons (Fsp3) is 0.389. The molecule has 0 aliphatic carbocycles. The van der Waals surface area contributed by atoms with Crippen molar-refractivity contribution in [2.45, 2.75) is 32.5 Å². The van der Waals surface area contributed by atoms with Crippen LogP contribution >= 0.6 is 0 Å². The summed E-state index contributed by atoms with van der Waals surface area (Å²) in [5.41, 5.74) is 8.00. The lowest BCUT2D eigenvalue weighted by Gasteiger charge is -2.16. The number of furan rings is 1. The number of benzene rings is 1. The second-order valence-corrected chi connectivity index (χ2v) is 5.90. The molecule has 1 fully saturated rings. The summed E-state index contributed by atoms with van der Waals surface area (Å²) in [7, 11) is 0. The Labute approximate surface area is 140 Å². The molecule has 1 amide bonds. The van der Waals surface area contributed by atoms with E-state index in [9.17, 15) is 4.79 Å². The number of carbonyl (C=O) groups is 1. The molecule has 2 heterocycles. The first-order valence-electron chi connectivity index (χ1n) is 8.05. The van der Waals surface area contributed by atoms with Crippen LogP contribution in [0.15, 0.2) is 34.9 Å². The molecule has 6 nitrogen and oxygen atoms in total. The van der Waals surface area contributed by atoms with Crippen molar-refractivity contribution in [2.24, 2.45) is 5.73 Å². The Balaban J connectivity index is 1.66. The Kier molecular flexibility index (Phi) is 5.17. The van der Waals surface area contributed by atoms with Gasteiger partial charge >= 0.3 is 0 Å². The maximum atomic E-state index is 12.2. The summed E-state index contributed by atoms with van der Waals surface area (Å²) >= 11 is 0. The Bertz CT molecular complexity index is 705. The van der Waals surface area contributed by atoms with Gasteiger partial charge in [-0.1, -0.05) is 12.1 Å². The maximum Gasteiger partial charge on any atom is 0.254 e. The van der Waals surface area contributed by atoms with Crippen molar-refractivity contribution < 1.29 is 18.7 Å². The fourth-order valence-electron chi connectivity index (χ4n) is 2.59. The summed E-state index contributed by atoms with van der Waals surface area (Å²) in [4.78, 5) is 12.2. The van der Waals surface area contributed by atoms with Crippen LogP contribution in [-0.4, -0.2) is 25.2 Å². The number of amides is 1. The molecule has 2 aromatic rings. The van der Waals surface area contributed by atoms with Gasteiger partial charge in [-0.2, -0.15) is 0 Å². The van der Waals surface area contributed by atoms with Gasteiger partial charge in [-0.05, 0) is 24.6 Å². The number of hydrogen-bond donors (Lipinski definition) is 2. The molecule has 3 rings (SSSR count). The first-order chi connectivity index (χ1) is 11.7. The standard InChI is InChI=1S/C18H22N2O4/c1-12-2-3-13(17(6-12)24-15-4-5-22-11-15)9-20-18(21)14-7-16(8-19)23-10-14/h2-3,6-7,10,15H,4-5,8-9,11,19H2,1H3,(H,20,21). The quantitative estimate of drug-likeness (QED) is 0.847. The van der Waals surface area contributed by atoms with Crippen LogP contribution in [-0.2, 0) is 17.8 Å². The van der Waals surface area contributed by atoms with E-state index in [4.69, 9.17) is 19.6 Å². The number of nitrogens with two attached hydrogens (primary N) is 1. The van der Waals surface area contributed by atoms with Gasteiger partial charge in [0.1, 0.15) is 23.9 Å². The second kappa shape index (κ2) is 7.51. The molecular formula is C18H22N2O4. The highest BCUT2D eigenvalue weighted by Crippen LogP contribution is 2.24. The van der Waals surface area contributed by atoms with Crippen molar-refractivity contribution in [3.63, 3.8) is 0 Å². The van der Waals surface area contributed by atoms with Crippen LogP contribution in [0.4, 0.5) is 0 Å². The molecule has 0 saturated carbocycles. The zero-order chi connectivity index (χ0) is 16.9. The van der Waals surface area contributed by atoms with Crippen molar-refractivity contribution in [3.05, 3.63) is 53.0 Å². The summed E-state index contributed by atoms with van der Waals surface area (Å²) in [5.74, 6) is 1.18. The summed E-state index contributed by atoms with van der Waals surface area (Å²) in [5, 5.41) is 2.89. The number of rotatable bonds is 6. The zero-order valence-corrected chi connectivity index (χ0v) is 13.7. The molecule has 128 valence electrons. The van der Waals surface area contributed by atoms with E-state index in [1.165, 1.54) is 6.26 Å². The van der Waals surface area contributed by atoms with Gasteiger partial charge in [0.25, 0.3) is 5.91 Å². The van der Waals surface area contributed by atoms with Crippen LogP contribution in [0.1, 0.15) is 33.7 Å². The van der Waals surface area contributed by atoms with Crippen molar-refractivity contribution in [2.75, 3.05) is 13.2 Å². The van der Waals surface area contributed by atoms with Crippen LogP contribution in [0.25, 0.3) is 0 Å². The van der Waals surface area contributed by atoms with Gasteiger partial charge in [0, 0.05) is 18.5 Å². The number of hydrogen-bond acceptors (Lipinski definition) is 5. The molecule has 0 bridgehead atoms. The highest BCUT2D eigenvalue weighted by atomic mass is 16.5. The Morgan fingerprint density at radius 3 is 3.00 bits per heavy atom. The van der Waals surface area contributed by atoms with Crippen LogP contribution in [0, 0.1) is 6.92 Å². The first-order valence-corrected chi connectivity index (χ1v) is 8.05. The van der Waals surface area contributed by atoms with E-state index in [0.29, 0.717) is 24.5 Å². The summed E-state index contributed by atoms with van der Waals surface area (Å²) < 4.78 is 16.6. The molecule has 24 heavy (non-hydrogen) atoms. The van der Waals surface area contributed by atoms with E-state index in [2.05, 4.69) is 5.32 Å². The van der Waals surface area contributed by atoms with Gasteiger partial charge < -0.3 is 24.9 Å². The molecule has 1 aromatic heterocycles. The minimum Gasteiger partial charge on any atom is -0.488 e. The minimum absolute atomic E-state index is 0.0715. The molecular weight excluding hydrogens is 308 g/mol. The molecule has 0 spiro atoms. The number of nitrogens with one attached hydrogen (secondary N) is 1. The molecule has 1 aliphatic heterocycles. The largest absolute Gasteiger partial charge is 0.488 e. The van der Waals surface area contributed by atoms with E-state index < -0.39 is 0 Å². The Hall–Kier alpha value is -2.31. The lowest BCUT2D eigenvalue weighted by atomic mass is 10.1. The maximum absolute atomic E-state index is 12.2. The van der Waals surface area contributed by atoms with Crippen molar-refractivity contribution in [3.8, 4) is 5.75 Å². The topological polar surface area (TPSA) is 86.7 Å². The summed E-state index contributed by atoms with van der Waals surface area (Å²) in [6, 6.07) is 7.62. The van der Waals surface area contributed by atoms with E-state index in [0.717, 1.165) is 29.9 Å². The minimum atomic E-state index is -0.200. The van der Waals surface area contributed by atoms with Crippen LogP contribution in [0.3, 0.4) is 0 Å². The van der Waals surface area contributed by atoms with Gasteiger partial charge in [0.2, 0.25) is 0 Å². The molecule has 1 aliphatic rings. The molecule has 3 N–H and O–H groups in total. The van der Waals surface area contributed by atoms with E-state index in [1.807, 2.05) is 25.1 Å². The molecule has 0 radical (unpaired) electrons. The van der Waals surface area contributed by atoms with E-state index in [-0.39, 0.29) is 18.6 Å². The molecule has 1 saturated heterocycles. The lowest BCUT2D eigenvalue weighted by molar-refractivity contribution is 0.0949. The SMILES string of the molecule is Cc1ccc(CNC(=O)c2coc(CN)c2)c(OC2CCOC2)c1. The Morgan fingerprint density at radius 2 is 2.29 bits per heavy atom. The summed E-state index contributed by atoms with van der Waals surface area (Å²) in [6.07, 6.45) is 2.37. The third-order valence-corrected chi connectivity index (χ3v) is 3.96. The van der Waals surface area contributed by atoms with Gasteiger partial charge in [0.05, 0.1) is 25.3 Å². The molecule has 1 atom stereocenters.